The summed E-state index contributed by atoms with van der Waals surface area (Å²) in [5.74, 6) is 0.328. The molecule has 0 spiro atoms. The van der Waals surface area contributed by atoms with E-state index in [1.165, 1.54) is 11.3 Å². The molecule has 1 aliphatic heterocycles. The maximum absolute atomic E-state index is 12.5. The maximum atomic E-state index is 12.5. The molecule has 1 atom stereocenters. The fraction of sp³-hybridized carbons (Fsp3) is 0.714. The van der Waals surface area contributed by atoms with Gasteiger partial charge in [-0.05, 0) is 20.4 Å². The summed E-state index contributed by atoms with van der Waals surface area (Å²) in [6.07, 6.45) is 0.923. The predicted molar refractivity (Wildman–Crippen MR) is 88.1 cm³/mol. The van der Waals surface area contributed by atoms with Gasteiger partial charge in [-0.25, -0.2) is 4.98 Å². The lowest BCUT2D eigenvalue weighted by molar-refractivity contribution is 0.0746. The van der Waals surface area contributed by atoms with Gasteiger partial charge in [-0.2, -0.15) is 0 Å². The van der Waals surface area contributed by atoms with Gasteiger partial charge in [0.2, 0.25) is 0 Å². The number of aromatic nitrogens is 1. The highest BCUT2D eigenvalue weighted by molar-refractivity contribution is 7.18. The summed E-state index contributed by atoms with van der Waals surface area (Å²) in [6.45, 7) is 7.98. The van der Waals surface area contributed by atoms with Crippen molar-refractivity contribution in [2.75, 3.05) is 50.9 Å². The zero-order valence-corrected chi connectivity index (χ0v) is 14.1. The molecule has 0 saturated carbocycles. The van der Waals surface area contributed by atoms with Crippen molar-refractivity contribution in [3.63, 3.8) is 0 Å². The van der Waals surface area contributed by atoms with Crippen molar-refractivity contribution < 1.29 is 4.79 Å². The summed E-state index contributed by atoms with van der Waals surface area (Å²) >= 11 is 1.41. The maximum Gasteiger partial charge on any atom is 0.267 e. The molecule has 118 valence electrons. The van der Waals surface area contributed by atoms with E-state index in [4.69, 9.17) is 5.73 Å². The molecule has 2 heterocycles. The molecule has 1 saturated heterocycles. The summed E-state index contributed by atoms with van der Waals surface area (Å²) in [7, 11) is 3.94. The molecular formula is C14H25N5OS. The van der Waals surface area contributed by atoms with Crippen LogP contribution >= 0.6 is 11.3 Å². The number of piperazine rings is 1. The first kappa shape index (κ1) is 16.0. The number of nitrogens with zero attached hydrogens (tertiary/aromatic N) is 4. The van der Waals surface area contributed by atoms with Crippen LogP contribution in [0.2, 0.25) is 0 Å². The van der Waals surface area contributed by atoms with Crippen molar-refractivity contribution in [3.05, 3.63) is 4.88 Å². The minimum absolute atomic E-state index is 0.0280. The molecule has 0 bridgehead atoms. The SMILES string of the molecule is CCC(C)N(C)C(=O)c1sc(N2CCN(C)CC2)nc1N. The summed E-state index contributed by atoms with van der Waals surface area (Å²) in [5, 5.41) is 0.863. The Kier molecular flexibility index (Phi) is 5.05. The molecular weight excluding hydrogens is 286 g/mol. The second-order valence-corrected chi connectivity index (χ2v) is 6.65. The van der Waals surface area contributed by atoms with E-state index >= 15 is 0 Å². The standard InChI is InChI=1S/C14H25N5OS/c1-5-10(2)18(4)13(20)11-12(15)16-14(21-11)19-8-6-17(3)7-9-19/h10H,5-9,15H2,1-4H3. The van der Waals surface area contributed by atoms with Crippen molar-refractivity contribution in [1.29, 1.82) is 0 Å². The number of nitrogen functional groups attached to an aromatic ring is 1. The van der Waals surface area contributed by atoms with E-state index in [2.05, 4.69) is 28.8 Å². The first-order valence-electron chi connectivity index (χ1n) is 7.41. The topological polar surface area (TPSA) is 65.7 Å². The van der Waals surface area contributed by atoms with Gasteiger partial charge in [-0.1, -0.05) is 18.3 Å². The van der Waals surface area contributed by atoms with E-state index < -0.39 is 0 Å². The Morgan fingerprint density at radius 3 is 2.62 bits per heavy atom. The van der Waals surface area contributed by atoms with E-state index in [-0.39, 0.29) is 11.9 Å². The Bertz CT molecular complexity index is 496. The molecule has 1 aliphatic rings. The van der Waals surface area contributed by atoms with Crippen molar-refractivity contribution >= 4 is 28.2 Å². The van der Waals surface area contributed by atoms with E-state index in [0.717, 1.165) is 37.7 Å². The number of thiazole rings is 1. The molecule has 0 radical (unpaired) electrons. The van der Waals surface area contributed by atoms with Crippen LogP contribution in [0.5, 0.6) is 0 Å². The second kappa shape index (κ2) is 6.62. The summed E-state index contributed by atoms with van der Waals surface area (Å²) in [4.78, 5) is 23.7. The van der Waals surface area contributed by atoms with Crippen LogP contribution < -0.4 is 10.6 Å². The van der Waals surface area contributed by atoms with Gasteiger partial charge in [-0.3, -0.25) is 4.79 Å². The monoisotopic (exact) mass is 311 g/mol. The lowest BCUT2D eigenvalue weighted by Gasteiger charge is -2.32. The van der Waals surface area contributed by atoms with Gasteiger partial charge in [0.15, 0.2) is 5.13 Å². The smallest absolute Gasteiger partial charge is 0.267 e. The molecule has 1 fully saturated rings. The molecule has 21 heavy (non-hydrogen) atoms. The van der Waals surface area contributed by atoms with Gasteiger partial charge in [0.05, 0.1) is 0 Å². The number of carbonyl (C=O) groups excluding carboxylic acids is 1. The minimum Gasteiger partial charge on any atom is -0.382 e. The van der Waals surface area contributed by atoms with Gasteiger partial charge in [0.1, 0.15) is 10.7 Å². The van der Waals surface area contributed by atoms with E-state index in [9.17, 15) is 4.79 Å². The van der Waals surface area contributed by atoms with Crippen molar-refractivity contribution in [2.24, 2.45) is 0 Å². The van der Waals surface area contributed by atoms with E-state index in [0.29, 0.717) is 10.7 Å². The van der Waals surface area contributed by atoms with Crippen molar-refractivity contribution in [3.8, 4) is 0 Å². The Morgan fingerprint density at radius 2 is 2.05 bits per heavy atom. The average molecular weight is 311 g/mol. The summed E-state index contributed by atoms with van der Waals surface area (Å²) in [6, 6.07) is 0.200. The summed E-state index contributed by atoms with van der Waals surface area (Å²) in [5.41, 5.74) is 5.97. The normalized spacial score (nSPS) is 17.8. The first-order valence-corrected chi connectivity index (χ1v) is 8.22. The molecule has 2 N–H and O–H groups in total. The molecule has 1 amide bonds. The highest BCUT2D eigenvalue weighted by atomic mass is 32.1. The number of likely N-dealkylation sites (N-methyl/N-ethyl adjacent to an activating group) is 1. The number of hydrogen-bond acceptors (Lipinski definition) is 6. The van der Waals surface area contributed by atoms with Crippen LogP contribution in [0.1, 0.15) is 29.9 Å². The lowest BCUT2D eigenvalue weighted by Crippen LogP contribution is -2.44. The molecule has 1 aromatic rings. The highest BCUT2D eigenvalue weighted by Gasteiger charge is 2.25. The Labute approximate surface area is 130 Å². The first-order chi connectivity index (χ1) is 9.93. The molecule has 1 aromatic heterocycles. The fourth-order valence-corrected chi connectivity index (χ4v) is 3.26. The summed E-state index contributed by atoms with van der Waals surface area (Å²) < 4.78 is 0. The predicted octanol–water partition coefficient (Wildman–Crippen LogP) is 1.35. The Hall–Kier alpha value is -1.34. The molecule has 2 rings (SSSR count). The lowest BCUT2D eigenvalue weighted by atomic mass is 10.2. The van der Waals surface area contributed by atoms with Gasteiger partial charge in [-0.15, -0.1) is 0 Å². The Morgan fingerprint density at radius 1 is 1.43 bits per heavy atom. The van der Waals surface area contributed by atoms with Crippen LogP contribution in [-0.4, -0.2) is 67.0 Å². The zero-order chi connectivity index (χ0) is 15.6. The number of nitrogens with two attached hydrogens (primary N) is 1. The van der Waals surface area contributed by atoms with Crippen molar-refractivity contribution in [1.82, 2.24) is 14.8 Å². The third kappa shape index (κ3) is 3.47. The van der Waals surface area contributed by atoms with Gasteiger partial charge >= 0.3 is 0 Å². The number of anilines is 2. The van der Waals surface area contributed by atoms with Gasteiger partial charge < -0.3 is 20.4 Å². The van der Waals surface area contributed by atoms with E-state index in [1.807, 2.05) is 14.0 Å². The quantitative estimate of drug-likeness (QED) is 0.909. The van der Waals surface area contributed by atoms with Crippen LogP contribution in [-0.2, 0) is 0 Å². The number of rotatable bonds is 4. The van der Waals surface area contributed by atoms with Gasteiger partial charge in [0.25, 0.3) is 5.91 Å². The number of amides is 1. The fourth-order valence-electron chi connectivity index (χ4n) is 2.24. The van der Waals surface area contributed by atoms with Crippen LogP contribution in [0, 0.1) is 0 Å². The van der Waals surface area contributed by atoms with Crippen LogP contribution in [0.15, 0.2) is 0 Å². The molecule has 0 aromatic carbocycles. The minimum atomic E-state index is -0.0280. The third-order valence-electron chi connectivity index (χ3n) is 4.18. The zero-order valence-electron chi connectivity index (χ0n) is 13.3. The van der Waals surface area contributed by atoms with Crippen LogP contribution in [0.4, 0.5) is 10.9 Å². The molecule has 0 aliphatic carbocycles. The van der Waals surface area contributed by atoms with Gasteiger partial charge in [0, 0.05) is 39.3 Å². The Balaban J connectivity index is 2.13. The average Bonchev–Trinajstić information content (AvgIpc) is 2.87. The second-order valence-electron chi connectivity index (χ2n) is 5.67. The highest BCUT2D eigenvalue weighted by Crippen LogP contribution is 2.30. The number of carbonyl (C=O) groups is 1. The van der Waals surface area contributed by atoms with Crippen molar-refractivity contribution in [2.45, 2.75) is 26.3 Å². The van der Waals surface area contributed by atoms with E-state index in [1.54, 1.807) is 4.90 Å². The molecule has 7 heteroatoms. The molecule has 6 nitrogen and oxygen atoms in total. The largest absolute Gasteiger partial charge is 0.382 e. The van der Waals surface area contributed by atoms with Crippen LogP contribution in [0.3, 0.4) is 0 Å². The third-order valence-corrected chi connectivity index (χ3v) is 5.30. The molecule has 1 unspecified atom stereocenters. The van der Waals surface area contributed by atoms with Crippen LogP contribution in [0.25, 0.3) is 0 Å². The number of hydrogen-bond donors (Lipinski definition) is 1.